The van der Waals surface area contributed by atoms with Crippen LogP contribution in [0, 0.1) is 22.7 Å². The minimum Gasteiger partial charge on any atom is -0.317 e. The Labute approximate surface area is 185 Å². The van der Waals surface area contributed by atoms with Gasteiger partial charge in [-0.15, -0.1) is 0 Å². The Morgan fingerprint density at radius 3 is 1.24 bits per heavy atom. The zero-order chi connectivity index (χ0) is 22.1. The number of hydrogen-bond donors (Lipinski definition) is 1. The van der Waals surface area contributed by atoms with Gasteiger partial charge in [0, 0.05) is 5.54 Å². The average Bonchev–Trinajstić information content (AvgIpc) is 3.18. The first-order valence-electron chi connectivity index (χ1n) is 12.8. The molecule has 174 valence electrons. The van der Waals surface area contributed by atoms with Gasteiger partial charge in [-0.1, -0.05) is 60.8 Å². The van der Waals surface area contributed by atoms with E-state index in [1.807, 2.05) is 0 Å². The van der Waals surface area contributed by atoms with Gasteiger partial charge in [0.25, 0.3) is 0 Å². The quantitative estimate of drug-likeness (QED) is 0.445. The topological polar surface area (TPSA) is 15.3 Å². The van der Waals surface area contributed by atoms with Crippen molar-refractivity contribution in [1.29, 1.82) is 0 Å². The molecular weight excluding hydrogens is 352 g/mol. The van der Waals surface area contributed by atoms with Crippen molar-refractivity contribution in [1.82, 2.24) is 10.2 Å². The second kappa shape index (κ2) is 12.1. The van der Waals surface area contributed by atoms with Crippen molar-refractivity contribution in [3.63, 3.8) is 0 Å². The lowest BCUT2D eigenvalue weighted by Gasteiger charge is -2.38. The van der Waals surface area contributed by atoms with Crippen LogP contribution >= 0.6 is 0 Å². The van der Waals surface area contributed by atoms with Crippen molar-refractivity contribution in [3.05, 3.63) is 0 Å². The van der Waals surface area contributed by atoms with Crippen LogP contribution in [0.5, 0.6) is 0 Å². The van der Waals surface area contributed by atoms with Gasteiger partial charge in [-0.2, -0.15) is 0 Å². The monoisotopic (exact) mass is 408 g/mol. The molecule has 3 rings (SSSR count). The fraction of sp³-hybridized carbons (Fsp3) is 1.00. The number of likely N-dealkylation sites (tertiary alicyclic amines) is 1. The van der Waals surface area contributed by atoms with Crippen LogP contribution in [0.2, 0.25) is 0 Å². The molecule has 0 aromatic rings. The van der Waals surface area contributed by atoms with Crippen LogP contribution in [-0.4, -0.2) is 36.6 Å². The average molecular weight is 409 g/mol. The maximum atomic E-state index is 3.39. The summed E-state index contributed by atoms with van der Waals surface area (Å²) < 4.78 is 0. The van der Waals surface area contributed by atoms with Gasteiger partial charge in [0.2, 0.25) is 0 Å². The van der Waals surface area contributed by atoms with E-state index in [4.69, 9.17) is 0 Å². The first-order valence-corrected chi connectivity index (χ1v) is 12.8. The first-order chi connectivity index (χ1) is 13.3. The maximum Gasteiger partial charge on any atom is 0.0125 e. The van der Waals surface area contributed by atoms with Crippen LogP contribution in [0.3, 0.4) is 0 Å². The fourth-order valence-electron chi connectivity index (χ4n) is 5.04. The highest BCUT2D eigenvalue weighted by atomic mass is 15.2. The summed E-state index contributed by atoms with van der Waals surface area (Å²) >= 11 is 0. The van der Waals surface area contributed by atoms with Crippen LogP contribution in [0.4, 0.5) is 0 Å². The molecule has 3 aliphatic rings. The maximum absolute atomic E-state index is 3.39. The van der Waals surface area contributed by atoms with Gasteiger partial charge < -0.3 is 5.32 Å². The summed E-state index contributed by atoms with van der Waals surface area (Å²) in [5.74, 6) is 1.95. The number of rotatable bonds is 0. The standard InChI is InChI=1S/2C9H19N.C9H18/c1-9(2,3)8-4-6-10-7-5-8;1-9(2,3)10-7-5-4-6-8-10;1-9(2,3)8-6-4-5-7-8/h8,10H,4-7H2,1-3H3;4-8H2,1-3H3;8H,4-7H2,1-3H3. The molecule has 2 heteroatoms. The van der Waals surface area contributed by atoms with Crippen molar-refractivity contribution in [2.45, 2.75) is 126 Å². The normalized spacial score (nSPS) is 23.1. The van der Waals surface area contributed by atoms with Crippen molar-refractivity contribution < 1.29 is 0 Å². The van der Waals surface area contributed by atoms with Crippen molar-refractivity contribution in [2.75, 3.05) is 26.2 Å². The van der Waals surface area contributed by atoms with Crippen molar-refractivity contribution in [2.24, 2.45) is 22.7 Å². The summed E-state index contributed by atoms with van der Waals surface area (Å²) in [5.41, 5.74) is 1.51. The van der Waals surface area contributed by atoms with E-state index >= 15 is 0 Å². The van der Waals surface area contributed by atoms with Gasteiger partial charge in [-0.05, 0) is 108 Å². The van der Waals surface area contributed by atoms with E-state index in [2.05, 4.69) is 72.5 Å². The highest BCUT2D eigenvalue weighted by Gasteiger charge is 2.27. The number of nitrogens with zero attached hydrogens (tertiary/aromatic N) is 1. The summed E-state index contributed by atoms with van der Waals surface area (Å²) in [7, 11) is 0. The molecule has 1 saturated carbocycles. The second-order valence-electron chi connectivity index (χ2n) is 13.0. The summed E-state index contributed by atoms with van der Waals surface area (Å²) in [6.07, 6.45) is 12.9. The second-order valence-corrected chi connectivity index (χ2v) is 13.0. The summed E-state index contributed by atoms with van der Waals surface area (Å²) in [5, 5.41) is 3.39. The lowest BCUT2D eigenvalue weighted by Crippen LogP contribution is -2.44. The minimum atomic E-state index is 0.403. The third-order valence-corrected chi connectivity index (χ3v) is 7.45. The molecule has 2 nitrogen and oxygen atoms in total. The van der Waals surface area contributed by atoms with Gasteiger partial charge in [0.1, 0.15) is 0 Å². The Balaban J connectivity index is 0.000000218. The number of nitrogens with one attached hydrogen (secondary N) is 1. The molecule has 0 radical (unpaired) electrons. The smallest absolute Gasteiger partial charge is 0.0125 e. The van der Waals surface area contributed by atoms with E-state index in [1.165, 1.54) is 84.0 Å². The fourth-order valence-corrected chi connectivity index (χ4v) is 5.04. The molecule has 0 unspecified atom stereocenters. The van der Waals surface area contributed by atoms with Crippen LogP contribution in [0.15, 0.2) is 0 Å². The van der Waals surface area contributed by atoms with Gasteiger partial charge in [0.05, 0.1) is 0 Å². The third kappa shape index (κ3) is 11.2. The lowest BCUT2D eigenvalue weighted by molar-refractivity contribution is 0.111. The van der Waals surface area contributed by atoms with Gasteiger partial charge in [-0.3, -0.25) is 4.90 Å². The Bertz CT molecular complexity index is 375. The predicted octanol–water partition coefficient (Wildman–Crippen LogP) is 7.53. The Morgan fingerprint density at radius 2 is 0.966 bits per heavy atom. The Kier molecular flexibility index (Phi) is 11.2. The molecule has 0 spiro atoms. The van der Waals surface area contributed by atoms with Gasteiger partial charge in [-0.25, -0.2) is 0 Å². The van der Waals surface area contributed by atoms with Crippen LogP contribution in [0.25, 0.3) is 0 Å². The van der Waals surface area contributed by atoms with Gasteiger partial charge >= 0.3 is 0 Å². The third-order valence-electron chi connectivity index (χ3n) is 7.45. The van der Waals surface area contributed by atoms with E-state index < -0.39 is 0 Å². The molecule has 0 aromatic carbocycles. The highest BCUT2D eigenvalue weighted by molar-refractivity contribution is 4.79. The minimum absolute atomic E-state index is 0.403. The first kappa shape index (κ1) is 27.0. The Hall–Kier alpha value is -0.0800. The van der Waals surface area contributed by atoms with E-state index in [-0.39, 0.29) is 0 Å². The highest BCUT2D eigenvalue weighted by Crippen LogP contribution is 2.38. The van der Waals surface area contributed by atoms with Crippen molar-refractivity contribution >= 4 is 0 Å². The molecule has 0 bridgehead atoms. The van der Waals surface area contributed by atoms with E-state index in [9.17, 15) is 0 Å². The SMILES string of the molecule is CC(C)(C)C1CCCC1.CC(C)(C)C1CCNCC1.CC(C)(C)N1CCCCC1. The largest absolute Gasteiger partial charge is 0.317 e. The van der Waals surface area contributed by atoms with Gasteiger partial charge in [0.15, 0.2) is 0 Å². The molecular formula is C27H56N2. The predicted molar refractivity (Wildman–Crippen MR) is 132 cm³/mol. The number of hydrogen-bond acceptors (Lipinski definition) is 2. The van der Waals surface area contributed by atoms with Crippen LogP contribution in [0.1, 0.15) is 120 Å². The zero-order valence-corrected chi connectivity index (χ0v) is 21.8. The van der Waals surface area contributed by atoms with Crippen molar-refractivity contribution in [3.8, 4) is 0 Å². The molecule has 0 atom stereocenters. The summed E-state index contributed by atoms with van der Waals surface area (Å²) in [6.45, 7) is 26.1. The molecule has 0 aromatic heterocycles. The number of piperidine rings is 2. The van der Waals surface area contributed by atoms with E-state index in [0.717, 1.165) is 11.8 Å². The molecule has 2 saturated heterocycles. The van der Waals surface area contributed by atoms with Crippen LogP contribution in [-0.2, 0) is 0 Å². The lowest BCUT2D eigenvalue weighted by atomic mass is 9.76. The molecule has 1 N–H and O–H groups in total. The summed E-state index contributed by atoms with van der Waals surface area (Å²) in [4.78, 5) is 2.58. The molecule has 0 amide bonds. The molecule has 2 heterocycles. The van der Waals surface area contributed by atoms with E-state index in [1.54, 1.807) is 0 Å². The van der Waals surface area contributed by atoms with E-state index in [0.29, 0.717) is 16.4 Å². The molecule has 29 heavy (non-hydrogen) atoms. The molecule has 2 aliphatic heterocycles. The Morgan fingerprint density at radius 1 is 0.552 bits per heavy atom. The summed E-state index contributed by atoms with van der Waals surface area (Å²) in [6, 6.07) is 0. The molecule has 1 aliphatic carbocycles. The molecule has 3 fully saturated rings. The van der Waals surface area contributed by atoms with Crippen LogP contribution < -0.4 is 5.32 Å². The zero-order valence-electron chi connectivity index (χ0n) is 21.8.